The van der Waals surface area contributed by atoms with E-state index >= 15 is 0 Å². The minimum absolute atomic E-state index is 0.0181. The van der Waals surface area contributed by atoms with Gasteiger partial charge in [0.1, 0.15) is 0 Å². The van der Waals surface area contributed by atoms with Crippen LogP contribution in [0.4, 0.5) is 34.1 Å². The number of para-hydroxylation sites is 2. The Hall–Kier alpha value is -15.2. The molecule has 0 saturated heterocycles. The smallest absolute Gasteiger partial charge is 0.0714 e. The molecule has 0 aliphatic heterocycles. The van der Waals surface area contributed by atoms with Gasteiger partial charge in [0.15, 0.2) is 0 Å². The van der Waals surface area contributed by atoms with Crippen LogP contribution in [0.5, 0.6) is 0 Å². The van der Waals surface area contributed by atoms with E-state index in [0.29, 0.717) is 0 Å². The molecule has 19 aromatic carbocycles. The first kappa shape index (κ1) is 79.3. The molecule has 0 amide bonds. The average molecular weight is 1620 g/mol. The zero-order valence-electron chi connectivity index (χ0n) is 72.1. The molecule has 0 aromatic heterocycles. The third-order valence-corrected chi connectivity index (χ3v) is 25.9. The first-order chi connectivity index (χ1) is 61.7. The summed E-state index contributed by atoms with van der Waals surface area (Å²) in [7, 11) is 0. The minimum atomic E-state index is -0.549. The van der Waals surface area contributed by atoms with Gasteiger partial charge in [0.25, 0.3) is 0 Å². The number of hydrogen-bond acceptors (Lipinski definition) is 2. The van der Waals surface area contributed by atoms with Gasteiger partial charge >= 0.3 is 0 Å². The zero-order chi connectivity index (χ0) is 85.4. The van der Waals surface area contributed by atoms with Gasteiger partial charge in [0, 0.05) is 34.1 Å². The predicted molar refractivity (Wildman–Crippen MR) is 532 cm³/mol. The fourth-order valence-corrected chi connectivity index (χ4v) is 19.5. The van der Waals surface area contributed by atoms with Crippen molar-refractivity contribution in [2.24, 2.45) is 0 Å². The highest BCUT2D eigenvalue weighted by Gasteiger charge is 2.49. The fraction of sp³-hybridized carbons (Fsp3) is 0.0806. The molecule has 126 heavy (non-hydrogen) atoms. The third kappa shape index (κ3) is 14.8. The number of nitrogens with zero attached hydrogens (tertiary/aromatic N) is 2. The molecular formula is C124H98N2. The van der Waals surface area contributed by atoms with Crippen molar-refractivity contribution >= 4 is 34.1 Å². The quantitative estimate of drug-likeness (QED) is 0.0896. The molecule has 0 spiro atoms. The summed E-state index contributed by atoms with van der Waals surface area (Å²) < 4.78 is 0. The summed E-state index contributed by atoms with van der Waals surface area (Å²) in [4.78, 5) is 4.67. The molecule has 604 valence electrons. The molecule has 0 N–H and O–H groups in total. The van der Waals surface area contributed by atoms with Crippen molar-refractivity contribution in [3.05, 3.63) is 541 Å². The van der Waals surface area contributed by atoms with E-state index in [1.807, 2.05) is 0 Å². The summed E-state index contributed by atoms with van der Waals surface area (Å²) in [6, 6.07) is 178. The number of rotatable bonds is 17. The lowest BCUT2D eigenvalue weighted by atomic mass is 9.65. The summed E-state index contributed by atoms with van der Waals surface area (Å²) >= 11 is 0. The van der Waals surface area contributed by atoms with Crippen molar-refractivity contribution < 1.29 is 0 Å². The standard InChI is InChI=1S/C63H55N.C61H43N/c1-61(2,3)49-31-39-56-57-40-32-50(62(4,5)6)43-60(57)63(59(56)42-49,48-23-15-9-16-24-48)51-33-38-55(58(41-51)46-21-13-8-14-22-46)47-29-36-54(37-30-47)64(52-25-17-10-18-26-52)53-34-27-45(28-35-53)44-19-11-7-12-20-44;1-6-16-44(17-7-1)48-28-36-55(37-29-48)62(54-24-14-5-15-25-54)56-38-30-49(31-39-56)47-26-34-53(35-27-47)61(52-22-12-4-13-23-52)59-42-50(45-18-8-2-9-19-45)32-40-57(59)58-41-33-51(43-60(58)61)46-20-10-3-11-21-46/h7-43H,1-6H3;1-43H. The zero-order valence-corrected chi connectivity index (χ0v) is 72.1. The highest BCUT2D eigenvalue weighted by molar-refractivity contribution is 5.94. The van der Waals surface area contributed by atoms with Crippen LogP contribution in [0.2, 0.25) is 0 Å². The van der Waals surface area contributed by atoms with Gasteiger partial charge in [-0.1, -0.05) is 436 Å². The largest absolute Gasteiger partial charge is 0.311 e. The molecule has 0 radical (unpaired) electrons. The Labute approximate surface area is 743 Å². The SMILES string of the molecule is CC(C)(C)c1ccc2c(c1)C(c1ccccc1)(c1ccc(-c3ccc(N(c4ccccc4)c4ccc(-c5ccccc5)cc4)cc3)c(-c3ccccc3)c1)c1cc(C(C)(C)C)ccc1-2.c1ccc(-c2ccc(N(c3ccccc3)c3ccc(-c4ccc(C5(c6ccccc6)c6cc(-c7ccccc7)ccc6-c6ccc(-c7ccccc7)cc65)cc4)cc3)cc2)cc1. The molecule has 0 unspecified atom stereocenters. The monoisotopic (exact) mass is 1610 g/mol. The molecule has 2 nitrogen and oxygen atoms in total. The maximum absolute atomic E-state index is 2.52. The van der Waals surface area contributed by atoms with Crippen LogP contribution in [0.1, 0.15) is 97.2 Å². The van der Waals surface area contributed by atoms with E-state index < -0.39 is 10.8 Å². The van der Waals surface area contributed by atoms with Gasteiger partial charge in [-0.2, -0.15) is 0 Å². The van der Waals surface area contributed by atoms with Crippen LogP contribution >= 0.6 is 0 Å². The summed E-state index contributed by atoms with van der Waals surface area (Å²) in [6.07, 6.45) is 0. The topological polar surface area (TPSA) is 6.48 Å². The van der Waals surface area contributed by atoms with Gasteiger partial charge < -0.3 is 9.80 Å². The predicted octanol–water partition coefficient (Wildman–Crippen LogP) is 33.3. The van der Waals surface area contributed by atoms with E-state index in [-0.39, 0.29) is 10.8 Å². The van der Waals surface area contributed by atoms with Gasteiger partial charge in [-0.05, 0) is 258 Å². The Balaban J connectivity index is 0.000000159. The molecule has 2 aliphatic carbocycles. The van der Waals surface area contributed by atoms with Crippen molar-refractivity contribution in [2.45, 2.75) is 63.2 Å². The second-order valence-corrected chi connectivity index (χ2v) is 35.5. The first-order valence-corrected chi connectivity index (χ1v) is 44.1. The molecule has 21 rings (SSSR count). The normalized spacial score (nSPS) is 12.7. The van der Waals surface area contributed by atoms with Gasteiger partial charge in [-0.25, -0.2) is 0 Å². The van der Waals surface area contributed by atoms with E-state index in [1.54, 1.807) is 0 Å². The molecule has 0 atom stereocenters. The van der Waals surface area contributed by atoms with E-state index in [0.717, 1.165) is 34.1 Å². The molecular weight excluding hydrogens is 1520 g/mol. The molecule has 0 saturated carbocycles. The van der Waals surface area contributed by atoms with E-state index in [4.69, 9.17) is 0 Å². The Morgan fingerprint density at radius 1 is 0.151 bits per heavy atom. The van der Waals surface area contributed by atoms with Crippen molar-refractivity contribution in [1.29, 1.82) is 0 Å². The van der Waals surface area contributed by atoms with Crippen LogP contribution in [-0.4, -0.2) is 0 Å². The van der Waals surface area contributed by atoms with Crippen LogP contribution < -0.4 is 9.80 Å². The first-order valence-electron chi connectivity index (χ1n) is 44.1. The Bertz CT molecular complexity index is 6870. The van der Waals surface area contributed by atoms with Crippen molar-refractivity contribution in [3.63, 3.8) is 0 Å². The highest BCUT2D eigenvalue weighted by atomic mass is 15.1. The highest BCUT2D eigenvalue weighted by Crippen LogP contribution is 2.61. The molecule has 0 bridgehead atoms. The second kappa shape index (κ2) is 33.5. The molecule has 2 aliphatic rings. The molecule has 19 aromatic rings. The Kier molecular flexibility index (Phi) is 21.1. The van der Waals surface area contributed by atoms with Gasteiger partial charge in [0.2, 0.25) is 0 Å². The number of hydrogen-bond donors (Lipinski definition) is 0. The van der Waals surface area contributed by atoms with Crippen LogP contribution in [0.25, 0.3) is 100 Å². The Morgan fingerprint density at radius 2 is 0.365 bits per heavy atom. The lowest BCUT2D eigenvalue weighted by molar-refractivity contribution is 0.586. The summed E-state index contributed by atoms with van der Waals surface area (Å²) in [6.45, 7) is 14.0. The summed E-state index contributed by atoms with van der Waals surface area (Å²) in [5, 5.41) is 0. The van der Waals surface area contributed by atoms with Crippen molar-refractivity contribution in [2.75, 3.05) is 9.80 Å². The lowest BCUT2D eigenvalue weighted by Gasteiger charge is -2.36. The third-order valence-electron chi connectivity index (χ3n) is 25.9. The van der Waals surface area contributed by atoms with Gasteiger partial charge in [0.05, 0.1) is 10.8 Å². The number of anilines is 6. The summed E-state index contributed by atoms with van der Waals surface area (Å²) in [5.74, 6) is 0. The van der Waals surface area contributed by atoms with Crippen LogP contribution in [0, 0.1) is 0 Å². The van der Waals surface area contributed by atoms with E-state index in [9.17, 15) is 0 Å². The lowest BCUT2D eigenvalue weighted by Crippen LogP contribution is -2.30. The second-order valence-electron chi connectivity index (χ2n) is 35.5. The van der Waals surface area contributed by atoms with Crippen molar-refractivity contribution in [3.8, 4) is 100 Å². The minimum Gasteiger partial charge on any atom is -0.311 e. The maximum atomic E-state index is 2.52. The van der Waals surface area contributed by atoms with E-state index in [2.05, 4.69) is 537 Å². The van der Waals surface area contributed by atoms with E-state index in [1.165, 1.54) is 156 Å². The Morgan fingerprint density at radius 3 is 0.698 bits per heavy atom. The molecule has 0 fully saturated rings. The van der Waals surface area contributed by atoms with Crippen LogP contribution in [0.3, 0.4) is 0 Å². The number of benzene rings is 19. The fourth-order valence-electron chi connectivity index (χ4n) is 19.5. The van der Waals surface area contributed by atoms with Crippen LogP contribution in [0.15, 0.2) is 485 Å². The van der Waals surface area contributed by atoms with Crippen molar-refractivity contribution in [1.82, 2.24) is 0 Å². The average Bonchev–Trinajstić information content (AvgIpc) is 1.53. The molecule has 2 heteroatoms. The molecule has 0 heterocycles. The number of fused-ring (bicyclic) bond motifs is 6. The van der Waals surface area contributed by atoms with Gasteiger partial charge in [-0.3, -0.25) is 0 Å². The summed E-state index contributed by atoms with van der Waals surface area (Å²) in [5.41, 5.74) is 40.6. The van der Waals surface area contributed by atoms with Crippen LogP contribution in [-0.2, 0) is 21.7 Å². The maximum Gasteiger partial charge on any atom is 0.0714 e. The van der Waals surface area contributed by atoms with Gasteiger partial charge in [-0.15, -0.1) is 0 Å².